The highest BCUT2D eigenvalue weighted by Crippen LogP contribution is 2.34. The number of carbonyl (C=O) groups excluding carboxylic acids is 1. The number of hydrogen-bond acceptors (Lipinski definition) is 5. The van der Waals surface area contributed by atoms with Gasteiger partial charge in [-0.3, -0.25) is 4.79 Å². The van der Waals surface area contributed by atoms with Gasteiger partial charge in [-0.1, -0.05) is 12.1 Å². The van der Waals surface area contributed by atoms with E-state index in [1.807, 2.05) is 7.05 Å². The van der Waals surface area contributed by atoms with Crippen LogP contribution in [0.1, 0.15) is 22.3 Å². The molecule has 5 rings (SSSR count). The molecule has 0 aliphatic carbocycles. The predicted octanol–water partition coefficient (Wildman–Crippen LogP) is 1.59. The third kappa shape index (κ3) is 3.73. The molecule has 162 valence electrons. The zero-order valence-electron chi connectivity index (χ0n) is 17.3. The van der Waals surface area contributed by atoms with E-state index in [2.05, 4.69) is 15.2 Å². The largest absolute Gasteiger partial charge is 0.348 e. The molecule has 0 spiro atoms. The summed E-state index contributed by atoms with van der Waals surface area (Å²) in [6, 6.07) is 10.4. The SMILES string of the molecule is CN1C[C@H]2CCN(S(=O)(=O)c3ccc(CNC(=O)c4ccc5nccn5c4)cc3)[C@H]2C1. The standard InChI is InChI=1S/C22H25N5O3S/c1-25-13-17-8-10-27(20(17)15-25)31(29,30)19-5-2-16(3-6-19)12-24-22(28)18-4-7-21-23-9-11-26(21)14-18/h2-7,9,11,14,17,20H,8,10,12-13,15H2,1H3,(H,24,28)/t17-,20+/m1/s1. The first kappa shape index (κ1) is 20.2. The lowest BCUT2D eigenvalue weighted by atomic mass is 10.1. The molecule has 0 saturated carbocycles. The zero-order chi connectivity index (χ0) is 21.6. The number of pyridine rings is 1. The minimum atomic E-state index is -3.51. The molecule has 2 aliphatic rings. The van der Waals surface area contributed by atoms with E-state index in [1.54, 1.807) is 63.7 Å². The van der Waals surface area contributed by atoms with E-state index in [0.29, 0.717) is 29.5 Å². The van der Waals surface area contributed by atoms with Crippen LogP contribution >= 0.6 is 0 Å². The van der Waals surface area contributed by atoms with E-state index in [-0.39, 0.29) is 11.9 Å². The van der Waals surface area contributed by atoms with Crippen LogP contribution in [0.15, 0.2) is 59.9 Å². The van der Waals surface area contributed by atoms with Crippen molar-refractivity contribution in [2.45, 2.75) is 23.9 Å². The van der Waals surface area contributed by atoms with Crippen LogP contribution in [0.25, 0.3) is 5.65 Å². The maximum absolute atomic E-state index is 13.2. The Labute approximate surface area is 181 Å². The number of rotatable bonds is 5. The lowest BCUT2D eigenvalue weighted by molar-refractivity contribution is 0.0950. The fourth-order valence-electron chi connectivity index (χ4n) is 4.69. The maximum atomic E-state index is 13.2. The number of imidazole rings is 1. The number of sulfonamides is 1. The summed E-state index contributed by atoms with van der Waals surface area (Å²) in [6.45, 7) is 2.66. The molecular formula is C22H25N5O3S. The Kier molecular flexibility index (Phi) is 5.04. The van der Waals surface area contributed by atoms with Crippen molar-refractivity contribution in [2.75, 3.05) is 26.7 Å². The summed E-state index contributed by atoms with van der Waals surface area (Å²) in [7, 11) is -1.47. The smallest absolute Gasteiger partial charge is 0.253 e. The monoisotopic (exact) mass is 439 g/mol. The van der Waals surface area contributed by atoms with Crippen LogP contribution in [0.2, 0.25) is 0 Å². The fraction of sp³-hybridized carbons (Fsp3) is 0.364. The van der Waals surface area contributed by atoms with Gasteiger partial charge in [0.25, 0.3) is 5.91 Å². The van der Waals surface area contributed by atoms with Gasteiger partial charge in [0.1, 0.15) is 5.65 Å². The van der Waals surface area contributed by atoms with E-state index in [0.717, 1.165) is 30.7 Å². The van der Waals surface area contributed by atoms with Gasteiger partial charge in [0.15, 0.2) is 0 Å². The second kappa shape index (κ2) is 7.74. The predicted molar refractivity (Wildman–Crippen MR) is 116 cm³/mol. The van der Waals surface area contributed by atoms with Crippen molar-refractivity contribution < 1.29 is 13.2 Å². The molecule has 3 aromatic rings. The number of benzene rings is 1. The van der Waals surface area contributed by atoms with Gasteiger partial charge in [0.05, 0.1) is 10.5 Å². The lowest BCUT2D eigenvalue weighted by Gasteiger charge is -2.23. The van der Waals surface area contributed by atoms with E-state index in [1.165, 1.54) is 0 Å². The van der Waals surface area contributed by atoms with Crippen LogP contribution in [0.4, 0.5) is 0 Å². The lowest BCUT2D eigenvalue weighted by Crippen LogP contribution is -2.39. The van der Waals surface area contributed by atoms with Gasteiger partial charge < -0.3 is 14.6 Å². The first-order valence-electron chi connectivity index (χ1n) is 10.4. The van der Waals surface area contributed by atoms with Crippen molar-refractivity contribution in [3.8, 4) is 0 Å². The Balaban J connectivity index is 1.25. The summed E-state index contributed by atoms with van der Waals surface area (Å²) in [5, 5.41) is 2.88. The fourth-order valence-corrected chi connectivity index (χ4v) is 6.38. The summed E-state index contributed by atoms with van der Waals surface area (Å²) >= 11 is 0. The number of likely N-dealkylation sites (N-methyl/N-ethyl adjacent to an activating group) is 1. The first-order chi connectivity index (χ1) is 14.9. The zero-order valence-corrected chi connectivity index (χ0v) is 18.1. The number of likely N-dealkylation sites (tertiary alicyclic amines) is 1. The molecular weight excluding hydrogens is 414 g/mol. The van der Waals surface area contributed by atoms with Crippen molar-refractivity contribution in [2.24, 2.45) is 5.92 Å². The minimum Gasteiger partial charge on any atom is -0.348 e. The van der Waals surface area contributed by atoms with Crippen molar-refractivity contribution >= 4 is 21.6 Å². The summed E-state index contributed by atoms with van der Waals surface area (Å²) in [6.07, 6.45) is 6.12. The second-order valence-corrected chi connectivity index (χ2v) is 10.3. The number of hydrogen-bond donors (Lipinski definition) is 1. The average molecular weight is 440 g/mol. The van der Waals surface area contributed by atoms with Crippen molar-refractivity contribution in [1.82, 2.24) is 23.9 Å². The Morgan fingerprint density at radius 1 is 1.16 bits per heavy atom. The first-order valence-corrected chi connectivity index (χ1v) is 11.9. The van der Waals surface area contributed by atoms with Crippen molar-refractivity contribution in [3.63, 3.8) is 0 Å². The van der Waals surface area contributed by atoms with E-state index in [9.17, 15) is 13.2 Å². The van der Waals surface area contributed by atoms with Gasteiger partial charge in [-0.2, -0.15) is 4.31 Å². The molecule has 0 radical (unpaired) electrons. The molecule has 1 amide bonds. The van der Waals surface area contributed by atoms with E-state index >= 15 is 0 Å². The highest BCUT2D eigenvalue weighted by Gasteiger charge is 2.45. The Morgan fingerprint density at radius 3 is 2.77 bits per heavy atom. The van der Waals surface area contributed by atoms with Crippen LogP contribution < -0.4 is 5.32 Å². The van der Waals surface area contributed by atoms with E-state index in [4.69, 9.17) is 0 Å². The third-order valence-electron chi connectivity index (χ3n) is 6.31. The number of aromatic nitrogens is 2. The van der Waals surface area contributed by atoms with Crippen LogP contribution in [0, 0.1) is 5.92 Å². The second-order valence-electron chi connectivity index (χ2n) is 8.39. The minimum absolute atomic E-state index is 0.0711. The third-order valence-corrected chi connectivity index (χ3v) is 8.25. The molecule has 1 N–H and O–H groups in total. The Hall–Kier alpha value is -2.75. The quantitative estimate of drug-likeness (QED) is 0.652. The van der Waals surface area contributed by atoms with Gasteiger partial charge in [0, 0.05) is 50.8 Å². The van der Waals surface area contributed by atoms with Crippen molar-refractivity contribution in [1.29, 1.82) is 0 Å². The average Bonchev–Trinajstić information content (AvgIpc) is 3.47. The topological polar surface area (TPSA) is 87.0 Å². The van der Waals surface area contributed by atoms with Crippen LogP contribution in [0.3, 0.4) is 0 Å². The molecule has 1 aromatic carbocycles. The summed E-state index contributed by atoms with van der Waals surface area (Å²) in [4.78, 5) is 19.1. The van der Waals surface area contributed by atoms with Gasteiger partial charge in [-0.25, -0.2) is 13.4 Å². The number of fused-ring (bicyclic) bond motifs is 2. The molecule has 2 saturated heterocycles. The molecule has 0 unspecified atom stereocenters. The van der Waals surface area contributed by atoms with Gasteiger partial charge in [-0.05, 0) is 49.2 Å². The highest BCUT2D eigenvalue weighted by molar-refractivity contribution is 7.89. The molecule has 4 heterocycles. The molecule has 0 bridgehead atoms. The molecule has 2 aromatic heterocycles. The van der Waals surface area contributed by atoms with Gasteiger partial charge >= 0.3 is 0 Å². The maximum Gasteiger partial charge on any atom is 0.253 e. The normalized spacial score (nSPS) is 22.1. The van der Waals surface area contributed by atoms with Gasteiger partial charge in [0.2, 0.25) is 10.0 Å². The Bertz CT molecular complexity index is 1220. The molecule has 2 fully saturated rings. The summed E-state index contributed by atoms with van der Waals surface area (Å²) < 4.78 is 29.8. The summed E-state index contributed by atoms with van der Waals surface area (Å²) in [5.41, 5.74) is 2.16. The van der Waals surface area contributed by atoms with Crippen LogP contribution in [-0.2, 0) is 16.6 Å². The molecule has 2 atom stereocenters. The van der Waals surface area contributed by atoms with Gasteiger partial charge in [-0.15, -0.1) is 0 Å². The summed E-state index contributed by atoms with van der Waals surface area (Å²) in [5.74, 6) is 0.233. The Morgan fingerprint density at radius 2 is 1.97 bits per heavy atom. The van der Waals surface area contributed by atoms with Crippen LogP contribution in [-0.4, -0.2) is 65.6 Å². The number of nitrogens with zero attached hydrogens (tertiary/aromatic N) is 4. The molecule has 9 heteroatoms. The molecule has 31 heavy (non-hydrogen) atoms. The molecule has 8 nitrogen and oxygen atoms in total. The van der Waals surface area contributed by atoms with Crippen LogP contribution in [0.5, 0.6) is 0 Å². The van der Waals surface area contributed by atoms with E-state index < -0.39 is 10.0 Å². The number of carbonyl (C=O) groups is 1. The number of nitrogens with one attached hydrogen (secondary N) is 1. The number of amides is 1. The molecule has 2 aliphatic heterocycles. The van der Waals surface area contributed by atoms with Crippen molar-refractivity contribution in [3.05, 3.63) is 66.1 Å². The highest BCUT2D eigenvalue weighted by atomic mass is 32.2.